The number of nitrogens with two attached hydrogens (primary N) is 1. The fourth-order valence-electron chi connectivity index (χ4n) is 1.41. The van der Waals surface area contributed by atoms with Gasteiger partial charge in [0.05, 0.1) is 0 Å². The number of rotatable bonds is 1. The Kier molecular flexibility index (Phi) is 2.57. The number of hydrogen-bond acceptors (Lipinski definition) is 3. The van der Waals surface area contributed by atoms with Crippen molar-refractivity contribution in [1.29, 1.82) is 0 Å². The first kappa shape index (κ1) is 9.04. The van der Waals surface area contributed by atoms with E-state index in [0.717, 1.165) is 25.9 Å². The van der Waals surface area contributed by atoms with Gasteiger partial charge in [0.25, 0.3) is 0 Å². The van der Waals surface area contributed by atoms with E-state index < -0.39 is 0 Å². The summed E-state index contributed by atoms with van der Waals surface area (Å²) in [4.78, 5) is 2.05. The molecule has 1 fully saturated rings. The molecule has 11 heavy (non-hydrogen) atoms. The van der Waals surface area contributed by atoms with Gasteiger partial charge in [-0.2, -0.15) is 0 Å². The lowest BCUT2D eigenvalue weighted by Gasteiger charge is -2.37. The van der Waals surface area contributed by atoms with Crippen molar-refractivity contribution in [3.8, 4) is 0 Å². The van der Waals surface area contributed by atoms with E-state index in [1.54, 1.807) is 6.82 Å². The number of nitrogens with zero attached hydrogens (tertiary/aromatic N) is 1. The molecule has 0 bridgehead atoms. The summed E-state index contributed by atoms with van der Waals surface area (Å²) in [5, 5.41) is 9.23. The van der Waals surface area contributed by atoms with E-state index in [2.05, 4.69) is 11.7 Å². The SMILES string of the molecule is CB(O)N1CCC(C)(N)CC1. The van der Waals surface area contributed by atoms with Crippen LogP contribution in [0.5, 0.6) is 0 Å². The Balaban J connectivity index is 2.36. The number of piperidine rings is 1. The normalized spacial score (nSPS) is 25.1. The van der Waals surface area contributed by atoms with E-state index in [0.29, 0.717) is 0 Å². The highest BCUT2D eigenvalue weighted by atomic mass is 16.2. The smallest absolute Gasteiger partial charge is 0.376 e. The second kappa shape index (κ2) is 3.13. The average molecular weight is 156 g/mol. The Labute approximate surface area is 68.7 Å². The van der Waals surface area contributed by atoms with Gasteiger partial charge in [-0.25, -0.2) is 0 Å². The van der Waals surface area contributed by atoms with Gasteiger partial charge in [-0.05, 0) is 39.7 Å². The predicted octanol–water partition coefficient (Wildman–Crippen LogP) is -0.0901. The van der Waals surface area contributed by atoms with Crippen molar-refractivity contribution in [2.45, 2.75) is 32.1 Å². The van der Waals surface area contributed by atoms with Crippen molar-refractivity contribution >= 4 is 7.05 Å². The molecule has 0 unspecified atom stereocenters. The molecule has 0 aromatic carbocycles. The van der Waals surface area contributed by atoms with E-state index in [9.17, 15) is 5.02 Å². The largest absolute Gasteiger partial charge is 0.437 e. The Morgan fingerprint density at radius 3 is 2.27 bits per heavy atom. The van der Waals surface area contributed by atoms with Crippen molar-refractivity contribution in [3.05, 3.63) is 0 Å². The van der Waals surface area contributed by atoms with Gasteiger partial charge < -0.3 is 15.6 Å². The minimum Gasteiger partial charge on any atom is -0.437 e. The molecular weight excluding hydrogens is 139 g/mol. The summed E-state index contributed by atoms with van der Waals surface area (Å²) in [6.45, 7) is 5.72. The van der Waals surface area contributed by atoms with Crippen LogP contribution >= 0.6 is 0 Å². The lowest BCUT2D eigenvalue weighted by molar-refractivity contribution is 0.232. The lowest BCUT2D eigenvalue weighted by Crippen LogP contribution is -2.51. The highest BCUT2D eigenvalue weighted by Crippen LogP contribution is 2.18. The van der Waals surface area contributed by atoms with E-state index in [1.807, 2.05) is 0 Å². The first-order valence-electron chi connectivity index (χ1n) is 4.22. The third-order valence-electron chi connectivity index (χ3n) is 2.47. The third kappa shape index (κ3) is 2.47. The van der Waals surface area contributed by atoms with Crippen LogP contribution in [0.3, 0.4) is 0 Å². The van der Waals surface area contributed by atoms with Gasteiger partial charge in [-0.1, -0.05) is 0 Å². The molecule has 0 spiro atoms. The van der Waals surface area contributed by atoms with E-state index in [-0.39, 0.29) is 12.6 Å². The standard InChI is InChI=1S/C7H17BN2O/c1-7(9)3-5-10(6-4-7)8(2)11/h11H,3-6,9H2,1-2H3. The molecular formula is C7H17BN2O. The molecule has 1 rings (SSSR count). The zero-order valence-corrected chi connectivity index (χ0v) is 7.38. The quantitative estimate of drug-likeness (QED) is 0.521. The van der Waals surface area contributed by atoms with Gasteiger partial charge in [0.1, 0.15) is 0 Å². The van der Waals surface area contributed by atoms with Crippen LogP contribution in [-0.4, -0.2) is 35.5 Å². The van der Waals surface area contributed by atoms with Crippen LogP contribution in [0.1, 0.15) is 19.8 Å². The Bertz CT molecular complexity index is 128. The van der Waals surface area contributed by atoms with Crippen LogP contribution < -0.4 is 5.73 Å². The van der Waals surface area contributed by atoms with Crippen LogP contribution in [0, 0.1) is 0 Å². The molecule has 64 valence electrons. The monoisotopic (exact) mass is 156 g/mol. The molecule has 0 saturated carbocycles. The molecule has 0 aromatic heterocycles. The van der Waals surface area contributed by atoms with Crippen molar-refractivity contribution < 1.29 is 5.02 Å². The third-order valence-corrected chi connectivity index (χ3v) is 2.47. The van der Waals surface area contributed by atoms with Crippen LogP contribution in [0.4, 0.5) is 0 Å². The van der Waals surface area contributed by atoms with Crippen molar-refractivity contribution in [1.82, 2.24) is 4.81 Å². The maximum atomic E-state index is 9.23. The summed E-state index contributed by atoms with van der Waals surface area (Å²) >= 11 is 0. The van der Waals surface area contributed by atoms with Crippen LogP contribution in [0.25, 0.3) is 0 Å². The average Bonchev–Trinajstić information content (AvgIpc) is 1.86. The summed E-state index contributed by atoms with van der Waals surface area (Å²) in [6, 6.07) is 0. The molecule has 0 aliphatic carbocycles. The lowest BCUT2D eigenvalue weighted by atomic mass is 9.79. The van der Waals surface area contributed by atoms with Crippen molar-refractivity contribution in [2.24, 2.45) is 5.73 Å². The molecule has 0 radical (unpaired) electrons. The molecule has 3 nitrogen and oxygen atoms in total. The fraction of sp³-hybridized carbons (Fsp3) is 1.00. The zero-order chi connectivity index (χ0) is 8.48. The molecule has 0 aromatic rings. The molecule has 3 N–H and O–H groups in total. The Morgan fingerprint density at radius 1 is 1.45 bits per heavy atom. The van der Waals surface area contributed by atoms with Crippen LogP contribution in [-0.2, 0) is 0 Å². The topological polar surface area (TPSA) is 49.5 Å². The Hall–Kier alpha value is -0.0551. The molecule has 1 aliphatic rings. The number of hydrogen-bond donors (Lipinski definition) is 2. The maximum absolute atomic E-state index is 9.23. The Morgan fingerprint density at radius 2 is 1.91 bits per heavy atom. The minimum absolute atomic E-state index is 0.00854. The summed E-state index contributed by atoms with van der Waals surface area (Å²) in [6.07, 6.45) is 1.97. The highest BCUT2D eigenvalue weighted by molar-refractivity contribution is 6.45. The van der Waals surface area contributed by atoms with Crippen molar-refractivity contribution in [3.63, 3.8) is 0 Å². The van der Waals surface area contributed by atoms with Gasteiger partial charge in [-0.3, -0.25) is 0 Å². The zero-order valence-electron chi connectivity index (χ0n) is 7.38. The molecule has 1 aliphatic heterocycles. The minimum atomic E-state index is -0.314. The second-order valence-corrected chi connectivity index (χ2v) is 3.82. The summed E-state index contributed by atoms with van der Waals surface area (Å²) < 4.78 is 0. The maximum Gasteiger partial charge on any atom is 0.376 e. The van der Waals surface area contributed by atoms with E-state index >= 15 is 0 Å². The highest BCUT2D eigenvalue weighted by Gasteiger charge is 2.28. The van der Waals surface area contributed by atoms with Gasteiger partial charge >= 0.3 is 7.05 Å². The predicted molar refractivity (Wildman–Crippen MR) is 47.2 cm³/mol. The molecule has 1 saturated heterocycles. The molecule has 0 amide bonds. The van der Waals surface area contributed by atoms with Crippen molar-refractivity contribution in [2.75, 3.05) is 13.1 Å². The fourth-order valence-corrected chi connectivity index (χ4v) is 1.41. The van der Waals surface area contributed by atoms with Gasteiger partial charge in [-0.15, -0.1) is 0 Å². The van der Waals surface area contributed by atoms with E-state index in [1.165, 1.54) is 0 Å². The molecule has 1 heterocycles. The van der Waals surface area contributed by atoms with Gasteiger partial charge in [0, 0.05) is 5.54 Å². The van der Waals surface area contributed by atoms with Crippen LogP contribution in [0.2, 0.25) is 6.82 Å². The molecule has 0 atom stereocenters. The molecule has 4 heteroatoms. The first-order chi connectivity index (χ1) is 5.01. The summed E-state index contributed by atoms with van der Waals surface area (Å²) in [5.41, 5.74) is 5.92. The van der Waals surface area contributed by atoms with Gasteiger partial charge in [0.2, 0.25) is 0 Å². The van der Waals surface area contributed by atoms with Crippen LogP contribution in [0.15, 0.2) is 0 Å². The summed E-state index contributed by atoms with van der Waals surface area (Å²) in [5.74, 6) is 0. The second-order valence-electron chi connectivity index (χ2n) is 3.82. The summed E-state index contributed by atoms with van der Waals surface area (Å²) in [7, 11) is -0.314. The first-order valence-corrected chi connectivity index (χ1v) is 4.22. The van der Waals surface area contributed by atoms with E-state index in [4.69, 9.17) is 5.73 Å². The van der Waals surface area contributed by atoms with Gasteiger partial charge in [0.15, 0.2) is 0 Å².